The maximum absolute atomic E-state index is 12.2. The van der Waals surface area contributed by atoms with Crippen LogP contribution < -0.4 is 11.1 Å². The maximum Gasteiger partial charge on any atom is 0.272 e. The van der Waals surface area contributed by atoms with Crippen LogP contribution in [-0.4, -0.2) is 15.9 Å². The summed E-state index contributed by atoms with van der Waals surface area (Å²) in [6, 6.07) is 0. The van der Waals surface area contributed by atoms with Gasteiger partial charge in [-0.15, -0.1) is 0 Å². The van der Waals surface area contributed by atoms with Crippen LogP contribution in [0.25, 0.3) is 0 Å². The third kappa shape index (κ3) is 3.14. The Morgan fingerprint density at radius 1 is 1.45 bits per heavy atom. The molecule has 20 heavy (non-hydrogen) atoms. The molecule has 0 aliphatic heterocycles. The molecule has 0 aliphatic carbocycles. The quantitative estimate of drug-likeness (QED) is 0.906. The molecule has 1 amide bonds. The number of rotatable bonds is 4. The second kappa shape index (κ2) is 6.00. The van der Waals surface area contributed by atoms with Gasteiger partial charge in [0.05, 0.1) is 11.9 Å². The number of carbonyl (C=O) groups is 1. The zero-order chi connectivity index (χ0) is 14.7. The number of thiophene rings is 1. The van der Waals surface area contributed by atoms with Gasteiger partial charge in [0.25, 0.3) is 5.91 Å². The molecule has 0 aromatic carbocycles. The van der Waals surface area contributed by atoms with Crippen molar-refractivity contribution in [3.05, 3.63) is 39.6 Å². The Labute approximate surface area is 122 Å². The molecular weight excluding hydrogens is 272 g/mol. The molecule has 3 N–H and O–H groups in total. The Hall–Kier alpha value is -1.95. The van der Waals surface area contributed by atoms with E-state index >= 15 is 0 Å². The molecular formula is C14H18N4OS. The number of carbonyl (C=O) groups excluding carboxylic acids is 1. The lowest BCUT2D eigenvalue weighted by molar-refractivity contribution is 0.0946. The van der Waals surface area contributed by atoms with E-state index in [1.165, 1.54) is 11.8 Å². The van der Waals surface area contributed by atoms with Crippen LogP contribution in [0.4, 0.5) is 5.69 Å². The summed E-state index contributed by atoms with van der Waals surface area (Å²) in [5.74, 6) is 0.509. The van der Waals surface area contributed by atoms with Crippen molar-refractivity contribution in [3.63, 3.8) is 0 Å². The summed E-state index contributed by atoms with van der Waals surface area (Å²) in [6.07, 6.45) is 1.49. The van der Waals surface area contributed by atoms with Crippen LogP contribution in [-0.2, 0) is 6.54 Å². The average molecular weight is 290 g/mol. The molecule has 5 nitrogen and oxygen atoms in total. The lowest BCUT2D eigenvalue weighted by Gasteiger charge is -2.09. The van der Waals surface area contributed by atoms with Gasteiger partial charge in [-0.05, 0) is 28.8 Å². The van der Waals surface area contributed by atoms with E-state index in [0.29, 0.717) is 18.1 Å². The van der Waals surface area contributed by atoms with E-state index in [-0.39, 0.29) is 17.5 Å². The molecule has 0 saturated heterocycles. The summed E-state index contributed by atoms with van der Waals surface area (Å²) in [4.78, 5) is 20.5. The predicted octanol–water partition coefficient (Wildman–Crippen LogP) is 2.48. The number of hydrogen-bond acceptors (Lipinski definition) is 5. The summed E-state index contributed by atoms with van der Waals surface area (Å²) >= 11 is 1.62. The highest BCUT2D eigenvalue weighted by molar-refractivity contribution is 7.08. The molecule has 0 aliphatic rings. The standard InChI is InChI=1S/C14H18N4OS/c1-8(2)13-16-5-11(15)12(18-13)14(19)17-4-10-7-20-6-9(10)3/h5-8H,4,15H2,1-3H3,(H,17,19). The first-order chi connectivity index (χ1) is 9.49. The Balaban J connectivity index is 2.13. The molecule has 2 aromatic heterocycles. The third-order valence-electron chi connectivity index (χ3n) is 2.97. The van der Waals surface area contributed by atoms with Gasteiger partial charge in [0, 0.05) is 12.5 Å². The number of aromatic nitrogens is 2. The van der Waals surface area contributed by atoms with E-state index in [2.05, 4.69) is 20.7 Å². The molecule has 0 unspecified atom stereocenters. The number of nitrogen functional groups attached to an aromatic ring is 1. The van der Waals surface area contributed by atoms with Gasteiger partial charge in [0.1, 0.15) is 5.82 Å². The first-order valence-corrected chi connectivity index (χ1v) is 7.35. The number of amides is 1. The molecule has 2 aromatic rings. The molecule has 2 rings (SSSR count). The monoisotopic (exact) mass is 290 g/mol. The van der Waals surface area contributed by atoms with Crippen molar-refractivity contribution in [2.45, 2.75) is 33.2 Å². The van der Waals surface area contributed by atoms with Crippen LogP contribution in [0.3, 0.4) is 0 Å². The average Bonchev–Trinajstić information content (AvgIpc) is 2.81. The fraction of sp³-hybridized carbons (Fsp3) is 0.357. The second-order valence-corrected chi connectivity index (χ2v) is 5.69. The molecule has 0 atom stereocenters. The van der Waals surface area contributed by atoms with Gasteiger partial charge < -0.3 is 11.1 Å². The first-order valence-electron chi connectivity index (χ1n) is 6.41. The van der Waals surface area contributed by atoms with Gasteiger partial charge in [-0.2, -0.15) is 11.3 Å². The van der Waals surface area contributed by atoms with Gasteiger partial charge in [-0.1, -0.05) is 13.8 Å². The lowest BCUT2D eigenvalue weighted by Crippen LogP contribution is -2.25. The van der Waals surface area contributed by atoms with Crippen LogP contribution in [0.2, 0.25) is 0 Å². The molecule has 0 radical (unpaired) electrons. The van der Waals surface area contributed by atoms with Gasteiger partial charge in [0.2, 0.25) is 0 Å². The predicted molar refractivity (Wildman–Crippen MR) is 80.8 cm³/mol. The summed E-state index contributed by atoms with van der Waals surface area (Å²) in [6.45, 7) is 6.45. The number of hydrogen-bond donors (Lipinski definition) is 2. The minimum absolute atomic E-state index is 0.154. The van der Waals surface area contributed by atoms with Gasteiger partial charge in [0.15, 0.2) is 5.69 Å². The van der Waals surface area contributed by atoms with Gasteiger partial charge in [-0.25, -0.2) is 9.97 Å². The first kappa shape index (κ1) is 14.5. The molecule has 0 spiro atoms. The zero-order valence-corrected chi connectivity index (χ0v) is 12.6. The van der Waals surface area contributed by atoms with Crippen LogP contribution in [0.5, 0.6) is 0 Å². The van der Waals surface area contributed by atoms with Crippen molar-refractivity contribution < 1.29 is 4.79 Å². The summed E-state index contributed by atoms with van der Waals surface area (Å²) in [5.41, 5.74) is 8.62. The lowest BCUT2D eigenvalue weighted by atomic mass is 10.2. The SMILES string of the molecule is Cc1cscc1CNC(=O)c1nc(C(C)C)ncc1N. The van der Waals surface area contributed by atoms with Crippen molar-refractivity contribution in [3.8, 4) is 0 Å². The Morgan fingerprint density at radius 3 is 2.80 bits per heavy atom. The smallest absolute Gasteiger partial charge is 0.272 e. The third-order valence-corrected chi connectivity index (χ3v) is 3.88. The molecule has 0 fully saturated rings. The highest BCUT2D eigenvalue weighted by Gasteiger charge is 2.15. The highest BCUT2D eigenvalue weighted by atomic mass is 32.1. The summed E-state index contributed by atoms with van der Waals surface area (Å²) in [7, 11) is 0. The minimum atomic E-state index is -0.266. The molecule has 106 valence electrons. The summed E-state index contributed by atoms with van der Waals surface area (Å²) < 4.78 is 0. The van der Waals surface area contributed by atoms with E-state index in [1.54, 1.807) is 11.3 Å². The van der Waals surface area contributed by atoms with Crippen LogP contribution in [0.15, 0.2) is 17.0 Å². The van der Waals surface area contributed by atoms with E-state index in [0.717, 1.165) is 5.56 Å². The van der Waals surface area contributed by atoms with Crippen molar-refractivity contribution >= 4 is 22.9 Å². The number of nitrogens with zero attached hydrogens (tertiary/aromatic N) is 2. The fourth-order valence-electron chi connectivity index (χ4n) is 1.69. The van der Waals surface area contributed by atoms with Crippen molar-refractivity contribution in [1.82, 2.24) is 15.3 Å². The van der Waals surface area contributed by atoms with E-state index in [4.69, 9.17) is 5.73 Å². The molecule has 0 bridgehead atoms. The van der Waals surface area contributed by atoms with Gasteiger partial charge >= 0.3 is 0 Å². The molecule has 2 heterocycles. The number of nitrogens with two attached hydrogens (primary N) is 1. The Kier molecular flexibility index (Phi) is 4.34. The second-order valence-electron chi connectivity index (χ2n) is 4.95. The zero-order valence-electron chi connectivity index (χ0n) is 11.8. The molecule has 6 heteroatoms. The summed E-state index contributed by atoms with van der Waals surface area (Å²) in [5, 5.41) is 6.93. The van der Waals surface area contributed by atoms with Crippen molar-refractivity contribution in [1.29, 1.82) is 0 Å². The normalized spacial score (nSPS) is 10.8. The fourth-order valence-corrected chi connectivity index (χ4v) is 2.55. The van der Waals surface area contributed by atoms with E-state index in [1.807, 2.05) is 26.2 Å². The van der Waals surface area contributed by atoms with Crippen molar-refractivity contribution in [2.24, 2.45) is 0 Å². The highest BCUT2D eigenvalue weighted by Crippen LogP contribution is 2.15. The Bertz CT molecular complexity index is 621. The van der Waals surface area contributed by atoms with Crippen LogP contribution >= 0.6 is 11.3 Å². The van der Waals surface area contributed by atoms with Crippen LogP contribution in [0.1, 0.15) is 47.2 Å². The number of aryl methyl sites for hydroxylation is 1. The van der Waals surface area contributed by atoms with Crippen LogP contribution in [0, 0.1) is 6.92 Å². The topological polar surface area (TPSA) is 80.9 Å². The Morgan fingerprint density at radius 2 is 2.20 bits per heavy atom. The van der Waals surface area contributed by atoms with E-state index in [9.17, 15) is 4.79 Å². The largest absolute Gasteiger partial charge is 0.396 e. The van der Waals surface area contributed by atoms with Crippen molar-refractivity contribution in [2.75, 3.05) is 5.73 Å². The van der Waals surface area contributed by atoms with Gasteiger partial charge in [-0.3, -0.25) is 4.79 Å². The number of anilines is 1. The minimum Gasteiger partial charge on any atom is -0.396 e. The molecule has 0 saturated carbocycles. The maximum atomic E-state index is 12.2. The number of nitrogens with one attached hydrogen (secondary N) is 1. The van der Waals surface area contributed by atoms with E-state index < -0.39 is 0 Å².